The fourth-order valence-corrected chi connectivity index (χ4v) is 1.85. The van der Waals surface area contributed by atoms with Crippen LogP contribution in [0.25, 0.3) is 0 Å². The van der Waals surface area contributed by atoms with Crippen LogP contribution in [0.5, 0.6) is 0 Å². The number of rotatable bonds is 4. The van der Waals surface area contributed by atoms with Gasteiger partial charge >= 0.3 is 5.97 Å². The number of thiocarbonyl (C=S) groups is 1. The standard InChI is InChI=1S/C15H13FN2O2S/c16-12-5-1-10(2-6-12)9-17-15(21)18-13-7-3-11(4-8-13)14(19)20/h1-8H,9H2,(H,19,20)(H2,17,18,21). The molecule has 0 fully saturated rings. The van der Waals surface area contributed by atoms with Gasteiger partial charge < -0.3 is 15.7 Å². The first-order valence-corrected chi connectivity index (χ1v) is 6.58. The van der Waals surface area contributed by atoms with Gasteiger partial charge in [-0.15, -0.1) is 0 Å². The molecule has 4 nitrogen and oxygen atoms in total. The maximum absolute atomic E-state index is 12.8. The lowest BCUT2D eigenvalue weighted by molar-refractivity contribution is 0.0697. The first-order chi connectivity index (χ1) is 10.0. The maximum Gasteiger partial charge on any atom is 0.335 e. The fourth-order valence-electron chi connectivity index (χ4n) is 1.66. The zero-order valence-corrected chi connectivity index (χ0v) is 11.8. The van der Waals surface area contributed by atoms with Gasteiger partial charge in [0.2, 0.25) is 0 Å². The molecule has 0 saturated heterocycles. The molecule has 0 amide bonds. The molecular formula is C15H13FN2O2S. The normalized spacial score (nSPS) is 9.95. The van der Waals surface area contributed by atoms with E-state index < -0.39 is 5.97 Å². The van der Waals surface area contributed by atoms with Crippen LogP contribution >= 0.6 is 12.2 Å². The number of aromatic carboxylic acids is 1. The number of anilines is 1. The Morgan fingerprint density at radius 2 is 1.71 bits per heavy atom. The third-order valence-electron chi connectivity index (χ3n) is 2.76. The lowest BCUT2D eigenvalue weighted by atomic mass is 10.2. The van der Waals surface area contributed by atoms with Crippen molar-refractivity contribution < 1.29 is 14.3 Å². The smallest absolute Gasteiger partial charge is 0.335 e. The van der Waals surface area contributed by atoms with E-state index >= 15 is 0 Å². The highest BCUT2D eigenvalue weighted by atomic mass is 32.1. The van der Waals surface area contributed by atoms with E-state index in [1.807, 2.05) is 0 Å². The van der Waals surface area contributed by atoms with E-state index in [9.17, 15) is 9.18 Å². The van der Waals surface area contributed by atoms with E-state index in [4.69, 9.17) is 17.3 Å². The summed E-state index contributed by atoms with van der Waals surface area (Å²) in [7, 11) is 0. The third-order valence-corrected chi connectivity index (χ3v) is 3.00. The molecule has 0 aliphatic heterocycles. The van der Waals surface area contributed by atoms with Crippen LogP contribution in [0.15, 0.2) is 48.5 Å². The Morgan fingerprint density at radius 1 is 1.10 bits per heavy atom. The Balaban J connectivity index is 1.86. The van der Waals surface area contributed by atoms with E-state index in [1.54, 1.807) is 24.3 Å². The number of carboxylic acid groups (broad SMARTS) is 1. The molecule has 2 aromatic carbocycles. The number of nitrogens with one attached hydrogen (secondary N) is 2. The molecule has 0 radical (unpaired) electrons. The van der Waals surface area contributed by atoms with Crippen molar-refractivity contribution in [3.05, 3.63) is 65.5 Å². The summed E-state index contributed by atoms with van der Waals surface area (Å²) in [4.78, 5) is 10.7. The molecule has 0 bridgehead atoms. The largest absolute Gasteiger partial charge is 0.478 e. The minimum absolute atomic E-state index is 0.214. The molecule has 3 N–H and O–H groups in total. The summed E-state index contributed by atoms with van der Waals surface area (Å²) in [5.74, 6) is -1.25. The van der Waals surface area contributed by atoms with Crippen molar-refractivity contribution in [1.29, 1.82) is 0 Å². The van der Waals surface area contributed by atoms with Gasteiger partial charge in [-0.2, -0.15) is 0 Å². The highest BCUT2D eigenvalue weighted by Gasteiger charge is 2.03. The van der Waals surface area contributed by atoms with Crippen molar-refractivity contribution >= 4 is 29.0 Å². The summed E-state index contributed by atoms with van der Waals surface area (Å²) in [5.41, 5.74) is 1.81. The SMILES string of the molecule is O=C(O)c1ccc(NC(=S)NCc2ccc(F)cc2)cc1. The third kappa shape index (κ3) is 4.54. The number of halogens is 1. The van der Waals surface area contributed by atoms with Crippen LogP contribution in [-0.2, 0) is 6.54 Å². The number of hydrogen-bond donors (Lipinski definition) is 3. The van der Waals surface area contributed by atoms with Crippen molar-refractivity contribution in [2.45, 2.75) is 6.54 Å². The number of carboxylic acids is 1. The average Bonchev–Trinajstić information content (AvgIpc) is 2.47. The highest BCUT2D eigenvalue weighted by molar-refractivity contribution is 7.80. The summed E-state index contributed by atoms with van der Waals surface area (Å²) < 4.78 is 12.8. The van der Waals surface area contributed by atoms with Gasteiger partial charge in [0.25, 0.3) is 0 Å². The minimum Gasteiger partial charge on any atom is -0.478 e. The van der Waals surface area contributed by atoms with Gasteiger partial charge in [-0.05, 0) is 54.2 Å². The fraction of sp³-hybridized carbons (Fsp3) is 0.0667. The van der Waals surface area contributed by atoms with Crippen LogP contribution in [0.2, 0.25) is 0 Å². The predicted octanol–water partition coefficient (Wildman–Crippen LogP) is 3.01. The molecule has 0 atom stereocenters. The zero-order chi connectivity index (χ0) is 15.2. The van der Waals surface area contributed by atoms with Gasteiger partial charge in [0.05, 0.1) is 5.56 Å². The molecule has 2 aromatic rings. The van der Waals surface area contributed by atoms with Crippen molar-refractivity contribution in [2.75, 3.05) is 5.32 Å². The summed E-state index contributed by atoms with van der Waals surface area (Å²) in [6.07, 6.45) is 0. The number of hydrogen-bond acceptors (Lipinski definition) is 2. The minimum atomic E-state index is -0.974. The van der Waals surface area contributed by atoms with Gasteiger partial charge in [0, 0.05) is 12.2 Å². The van der Waals surface area contributed by atoms with Crippen LogP contribution in [0, 0.1) is 5.82 Å². The van der Waals surface area contributed by atoms with Gasteiger partial charge in [0.1, 0.15) is 5.82 Å². The van der Waals surface area contributed by atoms with E-state index in [1.165, 1.54) is 24.3 Å². The van der Waals surface area contributed by atoms with Gasteiger partial charge in [-0.1, -0.05) is 12.1 Å². The molecule has 0 aromatic heterocycles. The second kappa shape index (κ2) is 6.81. The van der Waals surface area contributed by atoms with Gasteiger partial charge in [-0.3, -0.25) is 0 Å². The maximum atomic E-state index is 12.8. The molecule has 0 heterocycles. The molecule has 21 heavy (non-hydrogen) atoms. The van der Waals surface area contributed by atoms with Crippen LogP contribution < -0.4 is 10.6 Å². The first kappa shape index (κ1) is 14.9. The summed E-state index contributed by atoms with van der Waals surface area (Å²) >= 11 is 5.13. The molecular weight excluding hydrogens is 291 g/mol. The Morgan fingerprint density at radius 3 is 2.29 bits per heavy atom. The predicted molar refractivity (Wildman–Crippen MR) is 82.9 cm³/mol. The Hall–Kier alpha value is -2.47. The van der Waals surface area contributed by atoms with Crippen LogP contribution in [0.3, 0.4) is 0 Å². The second-order valence-corrected chi connectivity index (χ2v) is 4.72. The Bertz CT molecular complexity index is 642. The highest BCUT2D eigenvalue weighted by Crippen LogP contribution is 2.09. The van der Waals surface area contributed by atoms with Crippen LogP contribution in [-0.4, -0.2) is 16.2 Å². The molecule has 108 valence electrons. The Kier molecular flexibility index (Phi) is 4.84. The van der Waals surface area contributed by atoms with Gasteiger partial charge in [-0.25, -0.2) is 9.18 Å². The van der Waals surface area contributed by atoms with Gasteiger partial charge in [0.15, 0.2) is 5.11 Å². The molecule has 2 rings (SSSR count). The van der Waals surface area contributed by atoms with Crippen molar-refractivity contribution in [3.8, 4) is 0 Å². The zero-order valence-electron chi connectivity index (χ0n) is 11.0. The topological polar surface area (TPSA) is 61.4 Å². The number of benzene rings is 2. The van der Waals surface area contributed by atoms with E-state index in [0.717, 1.165) is 5.56 Å². The monoisotopic (exact) mass is 304 g/mol. The quantitative estimate of drug-likeness (QED) is 0.758. The lowest BCUT2D eigenvalue weighted by Crippen LogP contribution is -2.27. The van der Waals surface area contributed by atoms with Crippen LogP contribution in [0.4, 0.5) is 10.1 Å². The molecule has 0 aliphatic rings. The average molecular weight is 304 g/mol. The lowest BCUT2D eigenvalue weighted by Gasteiger charge is -2.10. The molecule has 0 saturated carbocycles. The van der Waals surface area contributed by atoms with Crippen LogP contribution in [0.1, 0.15) is 15.9 Å². The Labute approximate surface area is 126 Å². The molecule has 6 heteroatoms. The van der Waals surface area contributed by atoms with E-state index in [2.05, 4.69) is 10.6 Å². The summed E-state index contributed by atoms with van der Waals surface area (Å²) in [5, 5.41) is 15.1. The number of carbonyl (C=O) groups is 1. The van der Waals surface area contributed by atoms with E-state index in [0.29, 0.717) is 17.3 Å². The van der Waals surface area contributed by atoms with E-state index in [-0.39, 0.29) is 11.4 Å². The summed E-state index contributed by atoms with van der Waals surface area (Å²) in [6.45, 7) is 0.472. The van der Waals surface area contributed by atoms with Crippen molar-refractivity contribution in [2.24, 2.45) is 0 Å². The summed E-state index contributed by atoms with van der Waals surface area (Å²) in [6, 6.07) is 12.4. The van der Waals surface area contributed by atoms with Crippen molar-refractivity contribution in [3.63, 3.8) is 0 Å². The first-order valence-electron chi connectivity index (χ1n) is 6.17. The van der Waals surface area contributed by atoms with Crippen molar-refractivity contribution in [1.82, 2.24) is 5.32 Å². The molecule has 0 spiro atoms. The molecule has 0 unspecified atom stereocenters. The molecule has 0 aliphatic carbocycles. The second-order valence-electron chi connectivity index (χ2n) is 4.32.